The van der Waals surface area contributed by atoms with Crippen LogP contribution in [0.3, 0.4) is 0 Å². The van der Waals surface area contributed by atoms with Gasteiger partial charge in [-0.05, 0) is 79.1 Å². The van der Waals surface area contributed by atoms with Gasteiger partial charge in [-0.1, -0.05) is 41.9 Å². The summed E-state index contributed by atoms with van der Waals surface area (Å²) in [5.74, 6) is -1.58. The molecule has 3 aromatic carbocycles. The molecule has 14 nitrogen and oxygen atoms in total. The van der Waals surface area contributed by atoms with Gasteiger partial charge in [0.2, 0.25) is 5.91 Å². The summed E-state index contributed by atoms with van der Waals surface area (Å²) in [6.07, 6.45) is 4.05. The van der Waals surface area contributed by atoms with Gasteiger partial charge in [-0.15, -0.1) is 0 Å². The second-order valence-electron chi connectivity index (χ2n) is 13.8. The molecule has 0 radical (unpaired) electrons. The summed E-state index contributed by atoms with van der Waals surface area (Å²) in [4.78, 5) is 40.7. The third-order valence-corrected chi connectivity index (χ3v) is 10.3. The number of nitrogens with zero attached hydrogens (tertiary/aromatic N) is 2. The Morgan fingerprint density at radius 1 is 0.911 bits per heavy atom. The van der Waals surface area contributed by atoms with Gasteiger partial charge >= 0.3 is 11.9 Å². The summed E-state index contributed by atoms with van der Waals surface area (Å²) in [5.41, 5.74) is 9.98. The standard InChI is InChI=1S/C41H47ClN4O10/c1-25-28(6-3-7-31(25)32-8-4-9-35(26(32)2)54-15-5-12-46-13-10-41(53,11-14-46)40(51)52)24-56-37-18-36(55-23-27-16-30(38(43)48)20-44-19-27)29(17-33(37)42)21-45-34(22-47)39(49)50/h3-4,6-9,16-20,34,45,47,53H,5,10-15,21-24H2,1-2H3,(H2,43,48)(H,49,50)(H,51,52). The van der Waals surface area contributed by atoms with Crippen molar-refractivity contribution in [2.75, 3.05) is 32.8 Å². The van der Waals surface area contributed by atoms with Crippen LogP contribution in [-0.4, -0.2) is 92.6 Å². The summed E-state index contributed by atoms with van der Waals surface area (Å²) in [6, 6.07) is 15.5. The molecule has 1 amide bonds. The highest BCUT2D eigenvalue weighted by atomic mass is 35.5. The van der Waals surface area contributed by atoms with Crippen LogP contribution >= 0.6 is 11.6 Å². The number of piperidine rings is 1. The van der Waals surface area contributed by atoms with Crippen molar-refractivity contribution >= 4 is 29.4 Å². The molecular formula is C41H47ClN4O10. The monoisotopic (exact) mass is 790 g/mol. The first kappa shape index (κ1) is 41.9. The molecule has 0 spiro atoms. The van der Waals surface area contributed by atoms with Gasteiger partial charge in [0.05, 0.1) is 23.8 Å². The lowest BCUT2D eigenvalue weighted by molar-refractivity contribution is -0.163. The number of aliphatic hydroxyl groups excluding tert-OH is 1. The average molecular weight is 791 g/mol. The van der Waals surface area contributed by atoms with Crippen LogP contribution in [0.2, 0.25) is 5.02 Å². The van der Waals surface area contributed by atoms with Crippen molar-refractivity contribution in [1.29, 1.82) is 0 Å². The van der Waals surface area contributed by atoms with Crippen molar-refractivity contribution in [2.24, 2.45) is 5.73 Å². The minimum absolute atomic E-state index is 0.00603. The van der Waals surface area contributed by atoms with Crippen LogP contribution in [0.15, 0.2) is 67.0 Å². The summed E-state index contributed by atoms with van der Waals surface area (Å²) >= 11 is 6.69. The summed E-state index contributed by atoms with van der Waals surface area (Å²) in [7, 11) is 0. The number of aliphatic carboxylic acids is 2. The van der Waals surface area contributed by atoms with E-state index in [0.717, 1.165) is 46.5 Å². The molecule has 1 unspecified atom stereocenters. The number of pyridine rings is 1. The van der Waals surface area contributed by atoms with Gasteiger partial charge in [0.1, 0.15) is 36.5 Å². The molecule has 7 N–H and O–H groups in total. The maximum Gasteiger partial charge on any atom is 0.335 e. The SMILES string of the molecule is Cc1c(COc2cc(OCc3cncc(C(N)=O)c3)c(CNC(CO)C(=O)O)cc2Cl)cccc1-c1cccc(OCCCN2CCC(O)(C(=O)O)CC2)c1C. The van der Waals surface area contributed by atoms with Crippen LogP contribution in [0.5, 0.6) is 17.2 Å². The van der Waals surface area contributed by atoms with Crippen molar-refractivity contribution in [1.82, 2.24) is 15.2 Å². The lowest BCUT2D eigenvalue weighted by Gasteiger charge is -2.35. The van der Waals surface area contributed by atoms with Gasteiger partial charge in [-0.3, -0.25) is 19.9 Å². The van der Waals surface area contributed by atoms with E-state index in [1.165, 1.54) is 12.4 Å². The molecule has 15 heteroatoms. The predicted octanol–water partition coefficient (Wildman–Crippen LogP) is 4.49. The van der Waals surface area contributed by atoms with E-state index in [2.05, 4.69) is 15.2 Å². The van der Waals surface area contributed by atoms with E-state index in [1.807, 2.05) is 50.2 Å². The Labute approximate surface area is 329 Å². The van der Waals surface area contributed by atoms with Crippen molar-refractivity contribution in [2.45, 2.75) is 64.5 Å². The molecule has 1 aliphatic rings. The Morgan fingerprint density at radius 3 is 2.29 bits per heavy atom. The first-order valence-electron chi connectivity index (χ1n) is 18.2. The van der Waals surface area contributed by atoms with E-state index in [4.69, 9.17) is 31.5 Å². The van der Waals surface area contributed by atoms with Gasteiger partial charge in [-0.2, -0.15) is 0 Å². The molecular weight excluding hydrogens is 744 g/mol. The van der Waals surface area contributed by atoms with Crippen molar-refractivity contribution in [3.8, 4) is 28.4 Å². The normalized spacial score (nSPS) is 14.5. The van der Waals surface area contributed by atoms with Crippen LogP contribution in [0.1, 0.15) is 57.4 Å². The number of likely N-dealkylation sites (tertiary alicyclic amines) is 1. The predicted molar refractivity (Wildman–Crippen MR) is 208 cm³/mol. The van der Waals surface area contributed by atoms with E-state index in [-0.39, 0.29) is 43.2 Å². The fraction of sp³-hybridized carbons (Fsp3) is 0.366. The number of halogens is 1. The smallest absolute Gasteiger partial charge is 0.335 e. The molecule has 0 bridgehead atoms. The number of nitrogens with two attached hydrogens (primary N) is 1. The zero-order chi connectivity index (χ0) is 40.4. The Bertz CT molecular complexity index is 2040. The second kappa shape index (κ2) is 19.1. The molecule has 1 aliphatic heterocycles. The Hall–Kier alpha value is -5.25. The van der Waals surface area contributed by atoms with Gasteiger partial charge in [0.25, 0.3) is 0 Å². The van der Waals surface area contributed by atoms with E-state index in [0.29, 0.717) is 42.3 Å². The molecule has 56 heavy (non-hydrogen) atoms. The van der Waals surface area contributed by atoms with E-state index in [1.54, 1.807) is 18.2 Å². The first-order chi connectivity index (χ1) is 26.8. The average Bonchev–Trinajstić information content (AvgIpc) is 3.17. The number of primary amides is 1. The summed E-state index contributed by atoms with van der Waals surface area (Å²) in [5, 5.41) is 41.4. The van der Waals surface area contributed by atoms with Crippen LogP contribution < -0.4 is 25.3 Å². The lowest BCUT2D eigenvalue weighted by Crippen LogP contribution is -2.49. The minimum atomic E-state index is -1.64. The molecule has 0 saturated carbocycles. The third-order valence-electron chi connectivity index (χ3n) is 9.97. The van der Waals surface area contributed by atoms with Crippen LogP contribution in [0.25, 0.3) is 11.1 Å². The molecule has 1 saturated heterocycles. The van der Waals surface area contributed by atoms with Crippen LogP contribution in [-0.2, 0) is 29.3 Å². The van der Waals surface area contributed by atoms with Gasteiger partial charge in [-0.25, -0.2) is 4.79 Å². The molecule has 2 heterocycles. The molecule has 1 aromatic heterocycles. The number of carbonyl (C=O) groups is 3. The number of nitrogens with one attached hydrogen (secondary N) is 1. The lowest BCUT2D eigenvalue weighted by atomic mass is 9.91. The van der Waals surface area contributed by atoms with Gasteiger partial charge in [0, 0.05) is 55.8 Å². The number of carbonyl (C=O) groups excluding carboxylic acids is 1. The number of benzene rings is 3. The molecule has 5 rings (SSSR count). The Morgan fingerprint density at radius 2 is 1.61 bits per heavy atom. The number of hydrogen-bond acceptors (Lipinski definition) is 11. The van der Waals surface area contributed by atoms with E-state index >= 15 is 0 Å². The highest BCUT2D eigenvalue weighted by Gasteiger charge is 2.39. The fourth-order valence-corrected chi connectivity index (χ4v) is 6.71. The molecule has 0 aliphatic carbocycles. The number of amides is 1. The topological polar surface area (TPSA) is 214 Å². The molecule has 1 fully saturated rings. The number of carboxylic acid groups (broad SMARTS) is 2. The van der Waals surface area contributed by atoms with Crippen LogP contribution in [0.4, 0.5) is 0 Å². The number of aliphatic hydroxyl groups is 2. The number of carboxylic acids is 2. The highest BCUT2D eigenvalue weighted by molar-refractivity contribution is 6.32. The fourth-order valence-electron chi connectivity index (χ4n) is 6.46. The van der Waals surface area contributed by atoms with Gasteiger partial charge < -0.3 is 45.3 Å². The number of rotatable bonds is 19. The zero-order valence-electron chi connectivity index (χ0n) is 31.3. The van der Waals surface area contributed by atoms with Crippen LogP contribution in [0, 0.1) is 13.8 Å². The van der Waals surface area contributed by atoms with Crippen molar-refractivity contribution in [3.63, 3.8) is 0 Å². The number of aromatic nitrogens is 1. The minimum Gasteiger partial charge on any atom is -0.493 e. The summed E-state index contributed by atoms with van der Waals surface area (Å²) < 4.78 is 18.6. The maximum absolute atomic E-state index is 11.7. The maximum atomic E-state index is 11.7. The number of ether oxygens (including phenoxy) is 3. The summed E-state index contributed by atoms with van der Waals surface area (Å²) in [6.45, 7) is 5.86. The third kappa shape index (κ3) is 10.5. The Balaban J connectivity index is 1.27. The number of hydrogen-bond donors (Lipinski definition) is 6. The highest BCUT2D eigenvalue weighted by Crippen LogP contribution is 2.36. The van der Waals surface area contributed by atoms with Gasteiger partial charge in [0.15, 0.2) is 5.60 Å². The zero-order valence-corrected chi connectivity index (χ0v) is 32.1. The molecule has 298 valence electrons. The first-order valence-corrected chi connectivity index (χ1v) is 18.6. The molecule has 1 atom stereocenters. The van der Waals surface area contributed by atoms with E-state index in [9.17, 15) is 34.8 Å². The quantitative estimate of drug-likeness (QED) is 0.0724. The van der Waals surface area contributed by atoms with Crippen molar-refractivity contribution in [3.05, 3.63) is 105 Å². The molecule has 4 aromatic rings. The second-order valence-corrected chi connectivity index (χ2v) is 14.2. The Kier molecular flexibility index (Phi) is 14.3. The van der Waals surface area contributed by atoms with Crippen molar-refractivity contribution < 1.29 is 49.0 Å². The van der Waals surface area contributed by atoms with E-state index < -0.39 is 36.1 Å². The largest absolute Gasteiger partial charge is 0.493 e.